The number of carbonyl (C=O) groups is 1. The molecule has 4 rings (SSSR count). The number of rotatable bonds is 3. The molecule has 0 bridgehead atoms. The first-order chi connectivity index (χ1) is 12.2. The van der Waals surface area contributed by atoms with Crippen molar-refractivity contribution in [2.45, 2.75) is 13.5 Å². The standard InChI is InChI=1S/C20H21N3O2/c1-15-12-19(21-25-15)14-22-8-10-23(11-9-22)20(24)18-7-6-16-4-2-3-5-17(16)13-18/h2-7,12-13H,8-11,14H2,1H3. The molecule has 1 amide bonds. The van der Waals surface area contributed by atoms with Gasteiger partial charge in [0.1, 0.15) is 5.76 Å². The molecule has 0 aliphatic carbocycles. The molecule has 128 valence electrons. The SMILES string of the molecule is Cc1cc(CN2CCN(C(=O)c3ccc4ccccc4c3)CC2)no1. The van der Waals surface area contributed by atoms with Crippen molar-refractivity contribution in [1.29, 1.82) is 0 Å². The lowest BCUT2D eigenvalue weighted by atomic mass is 10.1. The molecule has 1 saturated heterocycles. The summed E-state index contributed by atoms with van der Waals surface area (Å²) in [5, 5.41) is 6.31. The van der Waals surface area contributed by atoms with E-state index in [2.05, 4.69) is 16.1 Å². The number of hydrogen-bond donors (Lipinski definition) is 0. The Kier molecular flexibility index (Phi) is 4.24. The van der Waals surface area contributed by atoms with Crippen molar-refractivity contribution >= 4 is 16.7 Å². The fraction of sp³-hybridized carbons (Fsp3) is 0.300. The van der Waals surface area contributed by atoms with Crippen molar-refractivity contribution < 1.29 is 9.32 Å². The van der Waals surface area contributed by atoms with Crippen molar-refractivity contribution in [3.63, 3.8) is 0 Å². The molecule has 0 saturated carbocycles. The third-order valence-electron chi connectivity index (χ3n) is 4.72. The summed E-state index contributed by atoms with van der Waals surface area (Å²) in [7, 11) is 0. The minimum atomic E-state index is 0.114. The second-order valence-corrected chi connectivity index (χ2v) is 6.56. The molecular formula is C20H21N3O2. The van der Waals surface area contributed by atoms with Gasteiger partial charge in [0.2, 0.25) is 0 Å². The molecule has 1 aliphatic heterocycles. The normalized spacial score (nSPS) is 15.6. The maximum Gasteiger partial charge on any atom is 0.253 e. The molecule has 1 aliphatic rings. The van der Waals surface area contributed by atoms with Gasteiger partial charge in [-0.1, -0.05) is 35.5 Å². The Morgan fingerprint density at radius 3 is 2.52 bits per heavy atom. The van der Waals surface area contributed by atoms with E-state index in [9.17, 15) is 4.79 Å². The number of piperazine rings is 1. The summed E-state index contributed by atoms with van der Waals surface area (Å²) < 4.78 is 5.12. The molecule has 5 heteroatoms. The fourth-order valence-corrected chi connectivity index (χ4v) is 3.34. The first kappa shape index (κ1) is 15.8. The molecule has 0 atom stereocenters. The largest absolute Gasteiger partial charge is 0.361 e. The minimum absolute atomic E-state index is 0.114. The lowest BCUT2D eigenvalue weighted by molar-refractivity contribution is 0.0626. The van der Waals surface area contributed by atoms with Crippen LogP contribution in [0.3, 0.4) is 0 Å². The van der Waals surface area contributed by atoms with Gasteiger partial charge in [0.05, 0.1) is 5.69 Å². The number of benzene rings is 2. The monoisotopic (exact) mass is 335 g/mol. The molecule has 25 heavy (non-hydrogen) atoms. The van der Waals surface area contributed by atoms with Gasteiger partial charge < -0.3 is 9.42 Å². The first-order valence-electron chi connectivity index (χ1n) is 8.62. The second-order valence-electron chi connectivity index (χ2n) is 6.56. The van der Waals surface area contributed by atoms with Crippen LogP contribution in [-0.4, -0.2) is 47.0 Å². The fourth-order valence-electron chi connectivity index (χ4n) is 3.34. The lowest BCUT2D eigenvalue weighted by Gasteiger charge is -2.34. The van der Waals surface area contributed by atoms with Crippen molar-refractivity contribution in [2.75, 3.05) is 26.2 Å². The summed E-state index contributed by atoms with van der Waals surface area (Å²) in [6.45, 7) is 5.85. The van der Waals surface area contributed by atoms with Crippen LogP contribution in [0.2, 0.25) is 0 Å². The quantitative estimate of drug-likeness (QED) is 0.738. The van der Waals surface area contributed by atoms with Crippen LogP contribution in [0.25, 0.3) is 10.8 Å². The highest BCUT2D eigenvalue weighted by molar-refractivity contribution is 5.98. The van der Waals surface area contributed by atoms with Crippen LogP contribution < -0.4 is 0 Å². The summed E-state index contributed by atoms with van der Waals surface area (Å²) in [5.41, 5.74) is 1.71. The molecule has 1 aromatic heterocycles. The topological polar surface area (TPSA) is 49.6 Å². The molecule has 2 aromatic carbocycles. The predicted molar refractivity (Wildman–Crippen MR) is 96.4 cm³/mol. The van der Waals surface area contributed by atoms with E-state index in [1.54, 1.807) is 0 Å². The zero-order valence-corrected chi connectivity index (χ0v) is 14.3. The molecule has 2 heterocycles. The van der Waals surface area contributed by atoms with E-state index in [-0.39, 0.29) is 5.91 Å². The summed E-state index contributed by atoms with van der Waals surface area (Å²) in [4.78, 5) is 17.0. The van der Waals surface area contributed by atoms with Gasteiger partial charge in [-0.25, -0.2) is 0 Å². The number of hydrogen-bond acceptors (Lipinski definition) is 4. The highest BCUT2D eigenvalue weighted by Crippen LogP contribution is 2.18. The minimum Gasteiger partial charge on any atom is -0.361 e. The summed E-state index contributed by atoms with van der Waals surface area (Å²) in [6, 6.07) is 16.0. The van der Waals surface area contributed by atoms with Crippen LogP contribution in [0.1, 0.15) is 21.8 Å². The smallest absolute Gasteiger partial charge is 0.253 e. The van der Waals surface area contributed by atoms with Gasteiger partial charge in [0.25, 0.3) is 5.91 Å². The molecule has 3 aromatic rings. The molecular weight excluding hydrogens is 314 g/mol. The van der Waals surface area contributed by atoms with Crippen molar-refractivity contribution in [2.24, 2.45) is 0 Å². The molecule has 5 nitrogen and oxygen atoms in total. The van der Waals surface area contributed by atoms with Crippen molar-refractivity contribution in [1.82, 2.24) is 15.0 Å². The highest BCUT2D eigenvalue weighted by atomic mass is 16.5. The number of aryl methyl sites for hydroxylation is 1. The van der Waals surface area contributed by atoms with E-state index in [1.807, 2.05) is 54.3 Å². The average Bonchev–Trinajstić information content (AvgIpc) is 3.06. The van der Waals surface area contributed by atoms with E-state index in [4.69, 9.17) is 4.52 Å². The second kappa shape index (κ2) is 6.69. The maximum atomic E-state index is 12.8. The maximum absolute atomic E-state index is 12.8. The Bertz CT molecular complexity index is 895. The van der Waals surface area contributed by atoms with E-state index < -0.39 is 0 Å². The summed E-state index contributed by atoms with van der Waals surface area (Å²) >= 11 is 0. The van der Waals surface area contributed by atoms with Crippen LogP contribution in [0, 0.1) is 6.92 Å². The first-order valence-corrected chi connectivity index (χ1v) is 8.62. The lowest BCUT2D eigenvalue weighted by Crippen LogP contribution is -2.48. The van der Waals surface area contributed by atoms with Gasteiger partial charge in [0.15, 0.2) is 0 Å². The van der Waals surface area contributed by atoms with E-state index in [0.29, 0.717) is 0 Å². The third-order valence-corrected chi connectivity index (χ3v) is 4.72. The molecule has 0 N–H and O–H groups in total. The number of fused-ring (bicyclic) bond motifs is 1. The van der Waals surface area contributed by atoms with Crippen LogP contribution in [0.4, 0.5) is 0 Å². The summed E-state index contributed by atoms with van der Waals surface area (Å²) in [6.07, 6.45) is 0. The summed E-state index contributed by atoms with van der Waals surface area (Å²) in [5.74, 6) is 0.947. The zero-order valence-electron chi connectivity index (χ0n) is 14.3. The third kappa shape index (κ3) is 3.42. The molecule has 0 unspecified atom stereocenters. The number of nitrogens with zero attached hydrogens (tertiary/aromatic N) is 3. The van der Waals surface area contributed by atoms with Crippen molar-refractivity contribution in [3.05, 3.63) is 65.5 Å². The highest BCUT2D eigenvalue weighted by Gasteiger charge is 2.22. The van der Waals surface area contributed by atoms with Gasteiger partial charge in [-0.15, -0.1) is 0 Å². The Labute approximate surface area is 146 Å². The van der Waals surface area contributed by atoms with Gasteiger partial charge in [-0.2, -0.15) is 0 Å². The Hall–Kier alpha value is -2.66. The van der Waals surface area contributed by atoms with Crippen LogP contribution >= 0.6 is 0 Å². The average molecular weight is 335 g/mol. The van der Waals surface area contributed by atoms with Crippen LogP contribution in [0.15, 0.2) is 53.1 Å². The van der Waals surface area contributed by atoms with Gasteiger partial charge in [0, 0.05) is 44.4 Å². The van der Waals surface area contributed by atoms with Gasteiger partial charge in [-0.05, 0) is 29.8 Å². The zero-order chi connectivity index (χ0) is 17.2. The van der Waals surface area contributed by atoms with E-state index in [0.717, 1.165) is 60.5 Å². The van der Waals surface area contributed by atoms with Gasteiger partial charge >= 0.3 is 0 Å². The number of carbonyl (C=O) groups excluding carboxylic acids is 1. The Morgan fingerprint density at radius 2 is 1.80 bits per heavy atom. The Balaban J connectivity index is 1.40. The Morgan fingerprint density at radius 1 is 1.04 bits per heavy atom. The van der Waals surface area contributed by atoms with Gasteiger partial charge in [-0.3, -0.25) is 9.69 Å². The number of aromatic nitrogens is 1. The van der Waals surface area contributed by atoms with Crippen molar-refractivity contribution in [3.8, 4) is 0 Å². The van der Waals surface area contributed by atoms with Crippen LogP contribution in [0.5, 0.6) is 0 Å². The van der Waals surface area contributed by atoms with Crippen LogP contribution in [-0.2, 0) is 6.54 Å². The van der Waals surface area contributed by atoms with E-state index >= 15 is 0 Å². The van der Waals surface area contributed by atoms with E-state index in [1.165, 1.54) is 0 Å². The molecule has 0 radical (unpaired) electrons. The molecule has 1 fully saturated rings. The molecule has 0 spiro atoms. The number of amides is 1. The predicted octanol–water partition coefficient (Wildman–Crippen LogP) is 3.09.